The molecule has 152 valence electrons. The number of carbonyl (C=O) groups excluding carboxylic acids is 1. The normalized spacial score (nSPS) is 12.1. The molecule has 4 rings (SSSR count). The van der Waals surface area contributed by atoms with Crippen LogP contribution in [0.4, 0.5) is 5.69 Å². The summed E-state index contributed by atoms with van der Waals surface area (Å²) >= 11 is 0. The first-order valence-electron chi connectivity index (χ1n) is 10.0. The minimum Gasteiger partial charge on any atom is -0.481 e. The number of nitrogens with one attached hydrogen (secondary N) is 1. The Labute approximate surface area is 175 Å². The molecule has 0 aliphatic carbocycles. The highest BCUT2D eigenvalue weighted by Crippen LogP contribution is 2.25. The van der Waals surface area contributed by atoms with Crippen LogP contribution in [0.1, 0.15) is 32.3 Å². The molecule has 1 N–H and O–H groups in total. The summed E-state index contributed by atoms with van der Waals surface area (Å²) in [6.45, 7) is 6.02. The lowest BCUT2D eigenvalue weighted by molar-refractivity contribution is -0.122. The molecule has 0 aliphatic heterocycles. The minimum absolute atomic E-state index is 0.211. The third-order valence-electron chi connectivity index (χ3n) is 4.92. The highest BCUT2D eigenvalue weighted by atomic mass is 16.5. The SMILES string of the molecule is CC(Oc1ccc(C(C)C)cc1)C(=O)Nc1ccc(-c2nc3ccccc3o2)cc1. The molecule has 1 aromatic heterocycles. The van der Waals surface area contributed by atoms with Gasteiger partial charge < -0.3 is 14.5 Å². The van der Waals surface area contributed by atoms with E-state index >= 15 is 0 Å². The number of ether oxygens (including phenoxy) is 1. The van der Waals surface area contributed by atoms with Gasteiger partial charge >= 0.3 is 0 Å². The van der Waals surface area contributed by atoms with Crippen molar-refractivity contribution in [3.8, 4) is 17.2 Å². The summed E-state index contributed by atoms with van der Waals surface area (Å²) in [6.07, 6.45) is -0.619. The topological polar surface area (TPSA) is 64.4 Å². The van der Waals surface area contributed by atoms with Crippen LogP contribution in [0, 0.1) is 0 Å². The number of aromatic nitrogens is 1. The van der Waals surface area contributed by atoms with Gasteiger partial charge in [-0.3, -0.25) is 4.79 Å². The van der Waals surface area contributed by atoms with Crippen LogP contribution in [0.2, 0.25) is 0 Å². The number of carbonyl (C=O) groups is 1. The van der Waals surface area contributed by atoms with E-state index < -0.39 is 6.10 Å². The van der Waals surface area contributed by atoms with Crippen LogP contribution in [0.3, 0.4) is 0 Å². The van der Waals surface area contributed by atoms with Crippen molar-refractivity contribution in [3.63, 3.8) is 0 Å². The van der Waals surface area contributed by atoms with Crippen molar-refractivity contribution in [2.75, 3.05) is 5.32 Å². The number of hydrogen-bond donors (Lipinski definition) is 1. The van der Waals surface area contributed by atoms with Crippen molar-refractivity contribution in [1.29, 1.82) is 0 Å². The zero-order valence-electron chi connectivity index (χ0n) is 17.3. The molecule has 4 aromatic rings. The Balaban J connectivity index is 1.39. The molecule has 5 heteroatoms. The zero-order valence-corrected chi connectivity index (χ0v) is 17.3. The lowest BCUT2D eigenvalue weighted by atomic mass is 10.0. The number of oxazole rings is 1. The van der Waals surface area contributed by atoms with Crippen molar-refractivity contribution >= 4 is 22.7 Å². The first kappa shape index (κ1) is 19.7. The van der Waals surface area contributed by atoms with Gasteiger partial charge in [0.1, 0.15) is 11.3 Å². The molecule has 1 heterocycles. The van der Waals surface area contributed by atoms with Crippen LogP contribution in [-0.2, 0) is 4.79 Å². The second-order valence-electron chi connectivity index (χ2n) is 7.54. The summed E-state index contributed by atoms with van der Waals surface area (Å²) in [6, 6.07) is 22.9. The van der Waals surface area contributed by atoms with E-state index in [9.17, 15) is 4.79 Å². The van der Waals surface area contributed by atoms with Gasteiger partial charge in [0, 0.05) is 11.3 Å². The quantitative estimate of drug-likeness (QED) is 0.429. The van der Waals surface area contributed by atoms with E-state index in [4.69, 9.17) is 9.15 Å². The van der Waals surface area contributed by atoms with Crippen molar-refractivity contribution < 1.29 is 13.9 Å². The van der Waals surface area contributed by atoms with E-state index in [1.165, 1.54) is 5.56 Å². The third kappa shape index (κ3) is 4.35. The molecule has 0 bridgehead atoms. The maximum atomic E-state index is 12.5. The molecule has 30 heavy (non-hydrogen) atoms. The summed E-state index contributed by atoms with van der Waals surface area (Å²) < 4.78 is 11.6. The number of nitrogens with zero attached hydrogens (tertiary/aromatic N) is 1. The molecule has 0 spiro atoms. The standard InChI is InChI=1S/C25H24N2O3/c1-16(2)18-10-14-21(15-11-18)29-17(3)24(28)26-20-12-8-19(9-13-20)25-27-22-6-4-5-7-23(22)30-25/h4-17H,1-3H3,(H,26,28). The molecular formula is C25H24N2O3. The van der Waals surface area contributed by atoms with Gasteiger partial charge in [-0.2, -0.15) is 0 Å². The molecule has 3 aromatic carbocycles. The number of amides is 1. The molecule has 1 atom stereocenters. The van der Waals surface area contributed by atoms with Crippen LogP contribution in [-0.4, -0.2) is 17.0 Å². The van der Waals surface area contributed by atoms with Crippen LogP contribution in [0.15, 0.2) is 77.2 Å². The van der Waals surface area contributed by atoms with Gasteiger partial charge in [0.25, 0.3) is 5.91 Å². The van der Waals surface area contributed by atoms with Gasteiger partial charge in [0.15, 0.2) is 11.7 Å². The van der Waals surface area contributed by atoms with Crippen LogP contribution >= 0.6 is 0 Å². The molecule has 0 fully saturated rings. The van der Waals surface area contributed by atoms with Gasteiger partial charge in [-0.1, -0.05) is 38.1 Å². The fourth-order valence-electron chi connectivity index (χ4n) is 3.12. The number of hydrogen-bond acceptors (Lipinski definition) is 4. The molecule has 1 amide bonds. The average Bonchev–Trinajstić information content (AvgIpc) is 3.19. The Morgan fingerprint density at radius 1 is 0.933 bits per heavy atom. The summed E-state index contributed by atoms with van der Waals surface area (Å²) in [5, 5.41) is 2.88. The number of para-hydroxylation sites is 2. The Bertz CT molecular complexity index is 1110. The van der Waals surface area contributed by atoms with Crippen molar-refractivity contribution in [2.45, 2.75) is 32.8 Å². The highest BCUT2D eigenvalue weighted by Gasteiger charge is 2.15. The molecule has 5 nitrogen and oxygen atoms in total. The number of fused-ring (bicyclic) bond motifs is 1. The van der Waals surface area contributed by atoms with E-state index in [-0.39, 0.29) is 5.91 Å². The van der Waals surface area contributed by atoms with E-state index in [1.807, 2.05) is 72.8 Å². The first-order valence-corrected chi connectivity index (χ1v) is 10.0. The van der Waals surface area contributed by atoms with Crippen molar-refractivity contribution in [1.82, 2.24) is 4.98 Å². The van der Waals surface area contributed by atoms with Crippen LogP contribution in [0.5, 0.6) is 5.75 Å². The van der Waals surface area contributed by atoms with Crippen LogP contribution < -0.4 is 10.1 Å². The monoisotopic (exact) mass is 400 g/mol. The molecule has 0 radical (unpaired) electrons. The van der Waals surface area contributed by atoms with Gasteiger partial charge in [0.05, 0.1) is 0 Å². The minimum atomic E-state index is -0.619. The summed E-state index contributed by atoms with van der Waals surface area (Å²) in [5.41, 5.74) is 4.33. The Hall–Kier alpha value is -3.60. The lowest BCUT2D eigenvalue weighted by Crippen LogP contribution is -2.30. The van der Waals surface area contributed by atoms with E-state index in [2.05, 4.69) is 24.1 Å². The molecule has 0 saturated heterocycles. The van der Waals surface area contributed by atoms with Crippen LogP contribution in [0.25, 0.3) is 22.6 Å². The van der Waals surface area contributed by atoms with Gasteiger partial charge in [-0.05, 0) is 66.9 Å². The first-order chi connectivity index (χ1) is 14.5. The fraction of sp³-hybridized carbons (Fsp3) is 0.200. The predicted molar refractivity (Wildman–Crippen MR) is 119 cm³/mol. The second kappa shape index (κ2) is 8.41. The molecule has 0 aliphatic rings. The van der Waals surface area contributed by atoms with E-state index in [0.29, 0.717) is 23.2 Å². The predicted octanol–water partition coefficient (Wildman–Crippen LogP) is 6.02. The van der Waals surface area contributed by atoms with Gasteiger partial charge in [-0.15, -0.1) is 0 Å². The van der Waals surface area contributed by atoms with E-state index in [1.54, 1.807) is 6.92 Å². The fourth-order valence-corrected chi connectivity index (χ4v) is 3.12. The van der Waals surface area contributed by atoms with Gasteiger partial charge in [0.2, 0.25) is 5.89 Å². The Morgan fingerprint density at radius 3 is 2.30 bits per heavy atom. The average molecular weight is 400 g/mol. The Morgan fingerprint density at radius 2 is 1.63 bits per heavy atom. The second-order valence-corrected chi connectivity index (χ2v) is 7.54. The van der Waals surface area contributed by atoms with E-state index in [0.717, 1.165) is 16.7 Å². The van der Waals surface area contributed by atoms with Crippen molar-refractivity contribution in [2.24, 2.45) is 0 Å². The number of rotatable bonds is 6. The molecule has 1 unspecified atom stereocenters. The maximum Gasteiger partial charge on any atom is 0.265 e. The Kier molecular flexibility index (Phi) is 5.53. The third-order valence-corrected chi connectivity index (χ3v) is 4.92. The highest BCUT2D eigenvalue weighted by molar-refractivity contribution is 5.94. The largest absolute Gasteiger partial charge is 0.481 e. The van der Waals surface area contributed by atoms with Crippen molar-refractivity contribution in [3.05, 3.63) is 78.4 Å². The maximum absolute atomic E-state index is 12.5. The smallest absolute Gasteiger partial charge is 0.265 e. The molecule has 0 saturated carbocycles. The lowest BCUT2D eigenvalue weighted by Gasteiger charge is -2.15. The summed E-state index contributed by atoms with van der Waals surface area (Å²) in [4.78, 5) is 17.0. The summed E-state index contributed by atoms with van der Waals surface area (Å²) in [5.74, 6) is 1.47. The molecular weight excluding hydrogens is 376 g/mol. The number of anilines is 1. The van der Waals surface area contributed by atoms with Gasteiger partial charge in [-0.25, -0.2) is 4.98 Å². The zero-order chi connectivity index (χ0) is 21.1. The summed E-state index contributed by atoms with van der Waals surface area (Å²) in [7, 11) is 0. The number of benzene rings is 3.